The van der Waals surface area contributed by atoms with Crippen LogP contribution in [0.5, 0.6) is 0 Å². The van der Waals surface area contributed by atoms with Crippen LogP contribution in [-0.4, -0.2) is 18.7 Å². The molecule has 1 unspecified atom stereocenters. The van der Waals surface area contributed by atoms with E-state index in [-0.39, 0.29) is 11.8 Å². The Balaban J connectivity index is 2.10. The van der Waals surface area contributed by atoms with Gasteiger partial charge in [0.1, 0.15) is 6.29 Å². The summed E-state index contributed by atoms with van der Waals surface area (Å²) in [5.41, 5.74) is 2.41. The Labute approximate surface area is 145 Å². The van der Waals surface area contributed by atoms with Crippen LogP contribution in [0.4, 0.5) is 0 Å². The lowest BCUT2D eigenvalue weighted by atomic mass is 9.96. The molecule has 5 heteroatoms. The maximum absolute atomic E-state index is 12.3. The molecule has 1 atom stereocenters. The van der Waals surface area contributed by atoms with Crippen molar-refractivity contribution >= 4 is 35.4 Å². The molecule has 2 aromatic rings. The Morgan fingerprint density at radius 2 is 1.91 bits per heavy atom. The third-order valence-corrected chi connectivity index (χ3v) is 4.43. The predicted octanol–water partition coefficient (Wildman–Crippen LogP) is 4.40. The van der Waals surface area contributed by atoms with Gasteiger partial charge in [-0.05, 0) is 36.2 Å². The average Bonchev–Trinajstić information content (AvgIpc) is 2.54. The van der Waals surface area contributed by atoms with Crippen LogP contribution in [0, 0.1) is 6.92 Å². The molecular weight excluding hydrogens is 333 g/mol. The number of hydrogen-bond donors (Lipinski definition) is 1. The highest BCUT2D eigenvalue weighted by Crippen LogP contribution is 2.27. The van der Waals surface area contributed by atoms with Crippen molar-refractivity contribution in [2.24, 2.45) is 0 Å². The van der Waals surface area contributed by atoms with E-state index in [0.717, 1.165) is 17.4 Å². The molecule has 0 radical (unpaired) electrons. The Hall–Kier alpha value is -1.84. The Bertz CT molecular complexity index is 716. The summed E-state index contributed by atoms with van der Waals surface area (Å²) in [6.45, 7) is 2.24. The lowest BCUT2D eigenvalue weighted by molar-refractivity contribution is -0.108. The molecule has 0 aliphatic carbocycles. The van der Waals surface area contributed by atoms with Gasteiger partial charge in [-0.1, -0.05) is 47.5 Å². The minimum absolute atomic E-state index is 0.143. The summed E-state index contributed by atoms with van der Waals surface area (Å²) in [6, 6.07) is 12.6. The first-order valence-electron chi connectivity index (χ1n) is 7.25. The first-order chi connectivity index (χ1) is 11.0. The number of aryl methyl sites for hydroxylation is 1. The Kier molecular flexibility index (Phi) is 6.20. The van der Waals surface area contributed by atoms with Crippen LogP contribution < -0.4 is 5.32 Å². The van der Waals surface area contributed by atoms with E-state index in [1.54, 1.807) is 18.2 Å². The van der Waals surface area contributed by atoms with E-state index < -0.39 is 0 Å². The second-order valence-corrected chi connectivity index (χ2v) is 6.11. The van der Waals surface area contributed by atoms with E-state index >= 15 is 0 Å². The first kappa shape index (κ1) is 17.5. The smallest absolute Gasteiger partial charge is 0.251 e. The summed E-state index contributed by atoms with van der Waals surface area (Å²) >= 11 is 11.9. The van der Waals surface area contributed by atoms with Gasteiger partial charge in [-0.2, -0.15) is 0 Å². The van der Waals surface area contributed by atoms with Crippen molar-refractivity contribution in [2.75, 3.05) is 6.54 Å². The van der Waals surface area contributed by atoms with Crippen LogP contribution in [-0.2, 0) is 4.79 Å². The molecule has 0 aromatic heterocycles. The van der Waals surface area contributed by atoms with Gasteiger partial charge in [0.25, 0.3) is 5.91 Å². The molecule has 23 heavy (non-hydrogen) atoms. The number of carbonyl (C=O) groups excluding carboxylic acids is 2. The lowest BCUT2D eigenvalue weighted by Crippen LogP contribution is -2.29. The molecule has 1 N–H and O–H groups in total. The number of nitrogens with one attached hydrogen (secondary N) is 1. The third-order valence-electron chi connectivity index (χ3n) is 3.69. The van der Waals surface area contributed by atoms with E-state index in [4.69, 9.17) is 23.2 Å². The maximum Gasteiger partial charge on any atom is 0.251 e. The highest BCUT2D eigenvalue weighted by molar-refractivity contribution is 6.42. The van der Waals surface area contributed by atoms with E-state index in [1.807, 2.05) is 31.2 Å². The van der Waals surface area contributed by atoms with E-state index in [2.05, 4.69) is 5.32 Å². The van der Waals surface area contributed by atoms with Gasteiger partial charge in [0.05, 0.1) is 10.0 Å². The SMILES string of the molecule is Cc1ccccc1C(=O)NCC(CC=O)c1ccc(Cl)c(Cl)c1. The van der Waals surface area contributed by atoms with Gasteiger partial charge in [-0.3, -0.25) is 4.79 Å². The molecule has 0 bridgehead atoms. The standard InChI is InChI=1S/C18H17Cl2NO2/c1-12-4-2-3-5-15(12)18(23)21-11-14(8-9-22)13-6-7-16(19)17(20)10-13/h2-7,9-10,14H,8,11H2,1H3,(H,21,23). The number of amides is 1. The molecule has 2 rings (SSSR count). The maximum atomic E-state index is 12.3. The molecule has 1 amide bonds. The van der Waals surface area contributed by atoms with Crippen LogP contribution in [0.25, 0.3) is 0 Å². The van der Waals surface area contributed by atoms with Crippen molar-refractivity contribution in [1.29, 1.82) is 0 Å². The molecule has 0 aliphatic heterocycles. The van der Waals surface area contributed by atoms with Gasteiger partial charge in [0, 0.05) is 24.4 Å². The molecule has 0 spiro atoms. The lowest BCUT2D eigenvalue weighted by Gasteiger charge is -2.17. The molecule has 3 nitrogen and oxygen atoms in total. The van der Waals surface area contributed by atoms with Crippen LogP contribution in [0.15, 0.2) is 42.5 Å². The summed E-state index contributed by atoms with van der Waals surface area (Å²) in [5.74, 6) is -0.297. The van der Waals surface area contributed by atoms with Crippen LogP contribution in [0.1, 0.15) is 33.8 Å². The molecule has 0 saturated carbocycles. The zero-order valence-electron chi connectivity index (χ0n) is 12.7. The number of hydrogen-bond acceptors (Lipinski definition) is 2. The van der Waals surface area contributed by atoms with Gasteiger partial charge >= 0.3 is 0 Å². The molecule has 0 aliphatic rings. The number of aldehydes is 1. The van der Waals surface area contributed by atoms with Crippen molar-refractivity contribution in [3.8, 4) is 0 Å². The van der Waals surface area contributed by atoms with Gasteiger partial charge in [-0.25, -0.2) is 0 Å². The third kappa shape index (κ3) is 4.57. The molecule has 2 aromatic carbocycles. The van der Waals surface area contributed by atoms with Gasteiger partial charge in [-0.15, -0.1) is 0 Å². The number of rotatable bonds is 6. The van der Waals surface area contributed by atoms with Gasteiger partial charge in [0.2, 0.25) is 0 Å². The second kappa shape index (κ2) is 8.14. The van der Waals surface area contributed by atoms with Crippen molar-refractivity contribution in [2.45, 2.75) is 19.3 Å². The molecule has 0 fully saturated rings. The number of benzene rings is 2. The Morgan fingerprint density at radius 1 is 1.17 bits per heavy atom. The fourth-order valence-corrected chi connectivity index (χ4v) is 2.67. The summed E-state index contributed by atoms with van der Waals surface area (Å²) < 4.78 is 0. The van der Waals surface area contributed by atoms with Crippen LogP contribution in [0.3, 0.4) is 0 Å². The number of halogens is 2. The molecular formula is C18H17Cl2NO2. The Morgan fingerprint density at radius 3 is 2.57 bits per heavy atom. The summed E-state index contributed by atoms with van der Waals surface area (Å²) in [4.78, 5) is 23.2. The average molecular weight is 350 g/mol. The van der Waals surface area contributed by atoms with E-state index in [9.17, 15) is 9.59 Å². The minimum atomic E-state index is -0.154. The van der Waals surface area contributed by atoms with Crippen molar-refractivity contribution in [3.63, 3.8) is 0 Å². The fourth-order valence-electron chi connectivity index (χ4n) is 2.36. The quantitative estimate of drug-likeness (QED) is 0.785. The molecule has 0 saturated heterocycles. The summed E-state index contributed by atoms with van der Waals surface area (Å²) in [7, 11) is 0. The highest BCUT2D eigenvalue weighted by Gasteiger charge is 2.15. The van der Waals surface area contributed by atoms with E-state index in [0.29, 0.717) is 28.6 Å². The van der Waals surface area contributed by atoms with E-state index in [1.165, 1.54) is 0 Å². The van der Waals surface area contributed by atoms with Gasteiger partial charge < -0.3 is 10.1 Å². The minimum Gasteiger partial charge on any atom is -0.351 e. The predicted molar refractivity (Wildman–Crippen MR) is 93.4 cm³/mol. The van der Waals surface area contributed by atoms with Crippen molar-refractivity contribution in [3.05, 3.63) is 69.2 Å². The first-order valence-corrected chi connectivity index (χ1v) is 8.01. The van der Waals surface area contributed by atoms with Gasteiger partial charge in [0.15, 0.2) is 0 Å². The largest absolute Gasteiger partial charge is 0.351 e. The number of carbonyl (C=O) groups is 2. The highest BCUT2D eigenvalue weighted by atomic mass is 35.5. The summed E-state index contributed by atoms with van der Waals surface area (Å²) in [5, 5.41) is 3.78. The zero-order valence-corrected chi connectivity index (χ0v) is 14.2. The monoisotopic (exact) mass is 349 g/mol. The van der Waals surface area contributed by atoms with Crippen molar-refractivity contribution in [1.82, 2.24) is 5.32 Å². The topological polar surface area (TPSA) is 46.2 Å². The molecule has 120 valence electrons. The normalized spacial score (nSPS) is 11.8. The van der Waals surface area contributed by atoms with Crippen LogP contribution in [0.2, 0.25) is 10.0 Å². The molecule has 0 heterocycles. The second-order valence-electron chi connectivity index (χ2n) is 5.30. The van der Waals surface area contributed by atoms with Crippen molar-refractivity contribution < 1.29 is 9.59 Å². The van der Waals surface area contributed by atoms with Crippen LogP contribution >= 0.6 is 23.2 Å². The zero-order chi connectivity index (χ0) is 16.8. The summed E-state index contributed by atoms with van der Waals surface area (Å²) in [6.07, 6.45) is 1.14. The fraction of sp³-hybridized carbons (Fsp3) is 0.222.